The Morgan fingerprint density at radius 1 is 1.22 bits per heavy atom. The lowest BCUT2D eigenvalue weighted by molar-refractivity contribution is 0.0980. The van der Waals surface area contributed by atoms with E-state index < -0.39 is 0 Å². The minimum atomic E-state index is -0.0281. The summed E-state index contributed by atoms with van der Waals surface area (Å²) in [5.41, 5.74) is 4.79. The van der Waals surface area contributed by atoms with Gasteiger partial charge >= 0.3 is 0 Å². The van der Waals surface area contributed by atoms with Gasteiger partial charge in [0.2, 0.25) is 0 Å². The van der Waals surface area contributed by atoms with Crippen LogP contribution in [0, 0.1) is 6.92 Å². The van der Waals surface area contributed by atoms with Crippen molar-refractivity contribution < 1.29 is 9.90 Å². The zero-order valence-corrected chi connectivity index (χ0v) is 14.6. The molecule has 0 radical (unpaired) electrons. The van der Waals surface area contributed by atoms with Crippen molar-refractivity contribution in [2.45, 2.75) is 32.1 Å². The summed E-state index contributed by atoms with van der Waals surface area (Å²) in [6.45, 7) is 2.52. The van der Waals surface area contributed by atoms with E-state index in [0.29, 0.717) is 22.6 Å². The molecule has 0 unspecified atom stereocenters. The molecule has 1 N–H and O–H groups in total. The predicted molar refractivity (Wildman–Crippen MR) is 94.3 cm³/mol. The third-order valence-electron chi connectivity index (χ3n) is 4.84. The average Bonchev–Trinajstić information content (AvgIpc) is 3.39. The molecule has 1 aliphatic carbocycles. The maximum absolute atomic E-state index is 12.9. The Morgan fingerprint density at radius 3 is 2.74 bits per heavy atom. The normalized spacial score (nSPS) is 17.3. The van der Waals surface area contributed by atoms with Crippen molar-refractivity contribution in [2.75, 3.05) is 11.4 Å². The highest BCUT2D eigenvalue weighted by atomic mass is 79.9. The number of benzene rings is 2. The summed E-state index contributed by atoms with van der Waals surface area (Å²) in [4.78, 5) is 14.5. The van der Waals surface area contributed by atoms with Gasteiger partial charge in [-0.3, -0.25) is 4.79 Å². The van der Waals surface area contributed by atoms with Crippen LogP contribution in [-0.4, -0.2) is 17.6 Å². The van der Waals surface area contributed by atoms with E-state index in [1.54, 1.807) is 4.90 Å². The number of hydrogen-bond acceptors (Lipinski definition) is 2. The second kappa shape index (κ2) is 5.38. The SMILES string of the molecule is Cc1ccc(N2CCc3cc(C4CC4)ccc3C2=O)c(O)c1Br. The summed E-state index contributed by atoms with van der Waals surface area (Å²) in [7, 11) is 0. The standard InChI is InChI=1S/C19H18BrNO2/c1-11-2-7-16(18(22)17(11)20)21-9-8-14-10-13(12-3-4-12)5-6-15(14)19(21)23/h2,5-7,10,12,22H,3-4,8-9H2,1H3. The molecule has 0 bridgehead atoms. The van der Waals surface area contributed by atoms with E-state index in [2.05, 4.69) is 28.1 Å². The molecule has 1 saturated carbocycles. The van der Waals surface area contributed by atoms with Crippen molar-refractivity contribution in [1.82, 2.24) is 0 Å². The number of halogens is 1. The molecule has 23 heavy (non-hydrogen) atoms. The fourth-order valence-electron chi connectivity index (χ4n) is 3.28. The highest BCUT2D eigenvalue weighted by Gasteiger charge is 2.30. The molecule has 1 fully saturated rings. The number of nitrogens with zero attached hydrogens (tertiary/aromatic N) is 1. The maximum atomic E-state index is 12.9. The fraction of sp³-hybridized carbons (Fsp3) is 0.316. The minimum Gasteiger partial charge on any atom is -0.505 e. The lowest BCUT2D eigenvalue weighted by Gasteiger charge is -2.30. The van der Waals surface area contributed by atoms with E-state index in [1.807, 2.05) is 25.1 Å². The van der Waals surface area contributed by atoms with Crippen molar-refractivity contribution in [2.24, 2.45) is 0 Å². The summed E-state index contributed by atoms with van der Waals surface area (Å²) in [5.74, 6) is 0.807. The van der Waals surface area contributed by atoms with Crippen LogP contribution in [0.2, 0.25) is 0 Å². The number of aryl methyl sites for hydroxylation is 1. The molecule has 0 spiro atoms. The molecule has 0 atom stereocenters. The van der Waals surface area contributed by atoms with Crippen LogP contribution in [0.25, 0.3) is 0 Å². The predicted octanol–water partition coefficient (Wildman–Crippen LogP) is 4.54. The number of carbonyl (C=O) groups excluding carboxylic acids is 1. The van der Waals surface area contributed by atoms with Crippen molar-refractivity contribution in [1.29, 1.82) is 0 Å². The van der Waals surface area contributed by atoms with E-state index in [9.17, 15) is 9.90 Å². The minimum absolute atomic E-state index is 0.0281. The second-order valence-electron chi connectivity index (χ2n) is 6.46. The molecule has 4 heteroatoms. The van der Waals surface area contributed by atoms with E-state index in [4.69, 9.17) is 0 Å². The Labute approximate surface area is 144 Å². The van der Waals surface area contributed by atoms with Crippen molar-refractivity contribution in [3.8, 4) is 5.75 Å². The number of rotatable bonds is 2. The highest BCUT2D eigenvalue weighted by molar-refractivity contribution is 9.10. The summed E-state index contributed by atoms with van der Waals surface area (Å²) in [5, 5.41) is 10.4. The van der Waals surface area contributed by atoms with Crippen LogP contribution >= 0.6 is 15.9 Å². The number of amides is 1. The quantitative estimate of drug-likeness (QED) is 0.841. The lowest BCUT2D eigenvalue weighted by Crippen LogP contribution is -2.37. The number of phenols is 1. The smallest absolute Gasteiger partial charge is 0.258 e. The van der Waals surface area contributed by atoms with Crippen LogP contribution in [0.1, 0.15) is 45.8 Å². The number of aromatic hydroxyl groups is 1. The lowest BCUT2D eigenvalue weighted by atomic mass is 9.94. The van der Waals surface area contributed by atoms with Gasteiger partial charge < -0.3 is 10.0 Å². The first kappa shape index (κ1) is 14.8. The molecular weight excluding hydrogens is 354 g/mol. The summed E-state index contributed by atoms with van der Waals surface area (Å²) in [6, 6.07) is 9.97. The zero-order valence-electron chi connectivity index (χ0n) is 13.0. The number of fused-ring (bicyclic) bond motifs is 1. The number of hydrogen-bond donors (Lipinski definition) is 1. The molecule has 0 aromatic heterocycles. The Balaban J connectivity index is 1.71. The molecule has 2 aliphatic rings. The van der Waals surface area contributed by atoms with Gasteiger partial charge in [0.1, 0.15) is 0 Å². The highest BCUT2D eigenvalue weighted by Crippen LogP contribution is 2.42. The molecule has 1 amide bonds. The largest absolute Gasteiger partial charge is 0.505 e. The fourth-order valence-corrected chi connectivity index (χ4v) is 3.62. The molecule has 1 heterocycles. The van der Waals surface area contributed by atoms with Gasteiger partial charge in [0.25, 0.3) is 5.91 Å². The van der Waals surface area contributed by atoms with Crippen LogP contribution in [0.5, 0.6) is 5.75 Å². The van der Waals surface area contributed by atoms with E-state index in [1.165, 1.54) is 18.4 Å². The average molecular weight is 372 g/mol. The molecule has 2 aromatic carbocycles. The second-order valence-corrected chi connectivity index (χ2v) is 7.25. The van der Waals surface area contributed by atoms with Gasteiger partial charge in [-0.15, -0.1) is 0 Å². The van der Waals surface area contributed by atoms with Gasteiger partial charge in [0.15, 0.2) is 5.75 Å². The monoisotopic (exact) mass is 371 g/mol. The molecule has 1 aliphatic heterocycles. The van der Waals surface area contributed by atoms with Gasteiger partial charge in [-0.2, -0.15) is 0 Å². The topological polar surface area (TPSA) is 40.5 Å². The number of anilines is 1. The molecule has 0 saturated heterocycles. The number of carbonyl (C=O) groups is 1. The van der Waals surface area contributed by atoms with E-state index in [-0.39, 0.29) is 11.7 Å². The molecular formula is C19H18BrNO2. The van der Waals surface area contributed by atoms with Crippen molar-refractivity contribution in [3.63, 3.8) is 0 Å². The van der Waals surface area contributed by atoms with Crippen LogP contribution in [0.15, 0.2) is 34.8 Å². The maximum Gasteiger partial charge on any atom is 0.258 e. The first-order chi connectivity index (χ1) is 11.1. The van der Waals surface area contributed by atoms with E-state index >= 15 is 0 Å². The summed E-state index contributed by atoms with van der Waals surface area (Å²) < 4.78 is 0.651. The van der Waals surface area contributed by atoms with Crippen molar-refractivity contribution in [3.05, 3.63) is 57.1 Å². The Bertz CT molecular complexity index is 811. The zero-order chi connectivity index (χ0) is 16.1. The van der Waals surface area contributed by atoms with Crippen molar-refractivity contribution >= 4 is 27.5 Å². The van der Waals surface area contributed by atoms with Crippen LogP contribution in [-0.2, 0) is 6.42 Å². The number of phenolic OH excluding ortho intramolecular Hbond substituents is 1. The Morgan fingerprint density at radius 2 is 2.00 bits per heavy atom. The third-order valence-corrected chi connectivity index (χ3v) is 5.84. The van der Waals surface area contributed by atoms with Gasteiger partial charge in [-0.25, -0.2) is 0 Å². The van der Waals surface area contributed by atoms with Gasteiger partial charge in [0, 0.05) is 12.1 Å². The summed E-state index contributed by atoms with van der Waals surface area (Å²) >= 11 is 3.39. The van der Waals surface area contributed by atoms with Gasteiger partial charge in [-0.05, 0) is 76.9 Å². The van der Waals surface area contributed by atoms with Crippen LogP contribution in [0.4, 0.5) is 5.69 Å². The van der Waals surface area contributed by atoms with Gasteiger partial charge in [0.05, 0.1) is 10.2 Å². The molecule has 2 aromatic rings. The van der Waals surface area contributed by atoms with Gasteiger partial charge in [-0.1, -0.05) is 18.2 Å². The third kappa shape index (κ3) is 2.45. The Hall–Kier alpha value is -1.81. The summed E-state index contributed by atoms with van der Waals surface area (Å²) in [6.07, 6.45) is 3.36. The Kier molecular flexibility index (Phi) is 3.45. The molecule has 3 nitrogen and oxygen atoms in total. The molecule has 4 rings (SSSR count). The van der Waals surface area contributed by atoms with Crippen LogP contribution in [0.3, 0.4) is 0 Å². The first-order valence-corrected chi connectivity index (χ1v) is 8.78. The van der Waals surface area contributed by atoms with E-state index in [0.717, 1.165) is 23.1 Å². The van der Waals surface area contributed by atoms with Crippen LogP contribution < -0.4 is 4.90 Å². The first-order valence-electron chi connectivity index (χ1n) is 7.99. The molecule has 118 valence electrons.